The Kier molecular flexibility index (Phi) is 10.4. The van der Waals surface area contributed by atoms with Crippen LogP contribution in [-0.2, 0) is 26.2 Å². The number of carbonyl (C=O) groups is 2. The summed E-state index contributed by atoms with van der Waals surface area (Å²) in [6, 6.07) is 12.8. The van der Waals surface area contributed by atoms with Crippen LogP contribution in [-0.4, -0.2) is 57.0 Å². The first-order chi connectivity index (χ1) is 21.5. The number of hydrogen-bond acceptors (Lipinski definition) is 6. The fourth-order valence-corrected chi connectivity index (χ4v) is 7.40. The molecule has 3 aromatic carbocycles. The third kappa shape index (κ3) is 7.65. The van der Waals surface area contributed by atoms with Crippen molar-refractivity contribution in [3.63, 3.8) is 0 Å². The molecule has 1 aliphatic carbocycles. The highest BCUT2D eigenvalue weighted by molar-refractivity contribution is 7.92. The molecule has 1 N–H and O–H groups in total. The molecular weight excluding hydrogens is 644 g/mol. The Labute approximate surface area is 272 Å². The third-order valence-corrected chi connectivity index (χ3v) is 10.5. The van der Waals surface area contributed by atoms with Gasteiger partial charge in [-0.3, -0.25) is 13.9 Å². The Balaban J connectivity index is 1.50. The van der Waals surface area contributed by atoms with Gasteiger partial charge >= 0.3 is 0 Å². The molecule has 0 radical (unpaired) electrons. The van der Waals surface area contributed by atoms with Crippen molar-refractivity contribution in [1.29, 1.82) is 0 Å². The summed E-state index contributed by atoms with van der Waals surface area (Å²) in [5.41, 5.74) is 0.462. The van der Waals surface area contributed by atoms with Gasteiger partial charge in [0.2, 0.25) is 11.8 Å². The number of ether oxygens (including phenoxy) is 2. The molecule has 2 aliphatic rings. The predicted molar refractivity (Wildman–Crippen MR) is 170 cm³/mol. The van der Waals surface area contributed by atoms with E-state index in [1.54, 1.807) is 25.1 Å². The quantitative estimate of drug-likeness (QED) is 0.284. The van der Waals surface area contributed by atoms with E-state index in [0.29, 0.717) is 28.0 Å². The molecule has 13 heteroatoms. The van der Waals surface area contributed by atoms with Gasteiger partial charge in [0, 0.05) is 34.3 Å². The van der Waals surface area contributed by atoms with Gasteiger partial charge in [-0.2, -0.15) is 0 Å². The van der Waals surface area contributed by atoms with Crippen molar-refractivity contribution in [2.45, 2.75) is 62.6 Å². The summed E-state index contributed by atoms with van der Waals surface area (Å²) in [6.07, 6.45) is 4.79. The molecule has 5 rings (SSSR count). The smallest absolute Gasteiger partial charge is 0.264 e. The maximum atomic E-state index is 14.2. The molecule has 3 aromatic rings. The van der Waals surface area contributed by atoms with Gasteiger partial charge in [-0.25, -0.2) is 12.8 Å². The largest absolute Gasteiger partial charge is 0.486 e. The summed E-state index contributed by atoms with van der Waals surface area (Å²) < 4.78 is 54.2. The average molecular weight is 679 g/mol. The van der Waals surface area contributed by atoms with Crippen LogP contribution in [0, 0.1) is 5.82 Å². The summed E-state index contributed by atoms with van der Waals surface area (Å²) in [6.45, 7) is 1.30. The van der Waals surface area contributed by atoms with E-state index < -0.39 is 34.3 Å². The summed E-state index contributed by atoms with van der Waals surface area (Å²) >= 11 is 12.9. The first-order valence-electron chi connectivity index (χ1n) is 14.8. The molecule has 2 amide bonds. The van der Waals surface area contributed by atoms with Gasteiger partial charge in [0.05, 0.1) is 10.6 Å². The molecule has 1 fully saturated rings. The number of sulfonamides is 1. The Bertz CT molecular complexity index is 1630. The summed E-state index contributed by atoms with van der Waals surface area (Å²) in [7, 11) is -4.41. The van der Waals surface area contributed by atoms with Gasteiger partial charge in [0.15, 0.2) is 11.5 Å². The second kappa shape index (κ2) is 14.3. The van der Waals surface area contributed by atoms with E-state index in [-0.39, 0.29) is 41.4 Å². The molecule has 1 aliphatic heterocycles. The second-order valence-corrected chi connectivity index (χ2v) is 13.7. The normalized spacial score (nSPS) is 15.6. The number of fused-ring (bicyclic) bond motifs is 1. The molecule has 0 saturated heterocycles. The zero-order valence-electron chi connectivity index (χ0n) is 24.7. The molecule has 0 aromatic heterocycles. The van der Waals surface area contributed by atoms with E-state index in [0.717, 1.165) is 48.5 Å². The fourth-order valence-electron chi connectivity index (χ4n) is 5.45. The lowest BCUT2D eigenvalue weighted by Gasteiger charge is -2.33. The van der Waals surface area contributed by atoms with Crippen LogP contribution in [0.1, 0.15) is 44.6 Å². The number of hydrogen-bond donors (Lipinski definition) is 1. The third-order valence-electron chi connectivity index (χ3n) is 8.00. The minimum atomic E-state index is -4.41. The first kappa shape index (κ1) is 32.8. The number of nitrogens with one attached hydrogen (secondary N) is 1. The molecule has 240 valence electrons. The van der Waals surface area contributed by atoms with E-state index in [1.165, 1.54) is 35.2 Å². The molecular formula is C32H34Cl2FN3O6S. The van der Waals surface area contributed by atoms with Crippen LogP contribution in [0.3, 0.4) is 0 Å². The van der Waals surface area contributed by atoms with Crippen LogP contribution in [0.5, 0.6) is 11.5 Å². The lowest BCUT2D eigenvalue weighted by molar-refractivity contribution is -0.139. The number of benzene rings is 3. The summed E-state index contributed by atoms with van der Waals surface area (Å²) in [5, 5.41) is 3.63. The zero-order chi connectivity index (χ0) is 32.1. The van der Waals surface area contributed by atoms with Crippen molar-refractivity contribution >= 4 is 50.7 Å². The molecule has 1 saturated carbocycles. The lowest BCUT2D eigenvalue weighted by Crippen LogP contribution is -2.53. The highest BCUT2D eigenvalue weighted by Crippen LogP contribution is 2.35. The number of halogens is 3. The molecule has 45 heavy (non-hydrogen) atoms. The number of anilines is 1. The van der Waals surface area contributed by atoms with Crippen molar-refractivity contribution in [2.24, 2.45) is 0 Å². The summed E-state index contributed by atoms with van der Waals surface area (Å²) in [4.78, 5) is 28.8. The number of amides is 2. The predicted octanol–water partition coefficient (Wildman–Crippen LogP) is 5.97. The Hall–Kier alpha value is -3.54. The minimum Gasteiger partial charge on any atom is -0.486 e. The van der Waals surface area contributed by atoms with Crippen LogP contribution in [0.25, 0.3) is 0 Å². The van der Waals surface area contributed by atoms with Crippen LogP contribution in [0.2, 0.25) is 10.0 Å². The van der Waals surface area contributed by atoms with Gasteiger partial charge in [-0.1, -0.05) is 48.5 Å². The maximum Gasteiger partial charge on any atom is 0.264 e. The van der Waals surface area contributed by atoms with Crippen LogP contribution >= 0.6 is 23.2 Å². The molecule has 0 bridgehead atoms. The van der Waals surface area contributed by atoms with E-state index in [2.05, 4.69) is 5.32 Å². The highest BCUT2D eigenvalue weighted by atomic mass is 35.5. The average Bonchev–Trinajstić information content (AvgIpc) is 3.03. The van der Waals surface area contributed by atoms with Crippen molar-refractivity contribution in [3.05, 3.63) is 82.1 Å². The van der Waals surface area contributed by atoms with E-state index >= 15 is 0 Å². The monoisotopic (exact) mass is 677 g/mol. The number of nitrogens with zero attached hydrogens (tertiary/aromatic N) is 2. The Morgan fingerprint density at radius 2 is 1.60 bits per heavy atom. The number of rotatable bonds is 10. The number of carbonyl (C=O) groups excluding carboxylic acids is 2. The summed E-state index contributed by atoms with van der Waals surface area (Å²) in [5.74, 6) is -1.00. The minimum absolute atomic E-state index is 0.0131. The van der Waals surface area contributed by atoms with Crippen molar-refractivity contribution in [3.8, 4) is 11.5 Å². The van der Waals surface area contributed by atoms with Crippen LogP contribution < -0.4 is 19.1 Å². The molecule has 0 unspecified atom stereocenters. The Morgan fingerprint density at radius 1 is 0.956 bits per heavy atom. The topological polar surface area (TPSA) is 105 Å². The van der Waals surface area contributed by atoms with Crippen molar-refractivity contribution in [2.75, 3.05) is 24.1 Å². The van der Waals surface area contributed by atoms with Crippen LogP contribution in [0.4, 0.5) is 10.1 Å². The van der Waals surface area contributed by atoms with Crippen LogP contribution in [0.15, 0.2) is 65.6 Å². The van der Waals surface area contributed by atoms with E-state index in [1.807, 2.05) is 0 Å². The van der Waals surface area contributed by atoms with Crippen molar-refractivity contribution in [1.82, 2.24) is 10.2 Å². The molecule has 1 atom stereocenters. The molecule has 1 heterocycles. The lowest BCUT2D eigenvalue weighted by atomic mass is 9.95. The van der Waals surface area contributed by atoms with Gasteiger partial charge < -0.3 is 19.7 Å². The first-order valence-corrected chi connectivity index (χ1v) is 16.9. The maximum absolute atomic E-state index is 14.2. The highest BCUT2D eigenvalue weighted by Gasteiger charge is 2.34. The van der Waals surface area contributed by atoms with Gasteiger partial charge in [-0.05, 0) is 68.3 Å². The Morgan fingerprint density at radius 3 is 2.27 bits per heavy atom. The van der Waals surface area contributed by atoms with Gasteiger partial charge in [0.1, 0.15) is 31.6 Å². The van der Waals surface area contributed by atoms with E-state index in [9.17, 15) is 22.4 Å². The fraction of sp³-hybridized carbons (Fsp3) is 0.375. The van der Waals surface area contributed by atoms with Gasteiger partial charge in [-0.15, -0.1) is 0 Å². The SMILES string of the molecule is C[C@H](C(=O)NC1CCCCC1)N(Cc1c(Cl)cccc1Cl)C(=O)CN(c1ccc(F)cc1)S(=O)(=O)c1ccc2c(c1)OCCO2. The standard InChI is InChI=1S/C32H34Cl2FN3O6S/c1-21(32(40)36-23-6-3-2-4-7-23)37(19-26-27(33)8-5-9-28(26)34)31(39)20-38(24-12-10-22(35)11-13-24)45(41,42)25-14-15-29-30(18-25)44-17-16-43-29/h5,8-15,18,21,23H,2-4,6-7,16-17,19-20H2,1H3,(H,36,40)/t21-/m1/s1. The second-order valence-electron chi connectivity index (χ2n) is 11.0. The molecule has 0 spiro atoms. The zero-order valence-corrected chi connectivity index (χ0v) is 27.0. The van der Waals surface area contributed by atoms with E-state index in [4.69, 9.17) is 32.7 Å². The molecule has 9 nitrogen and oxygen atoms in total. The van der Waals surface area contributed by atoms with Gasteiger partial charge in [0.25, 0.3) is 10.0 Å². The van der Waals surface area contributed by atoms with Crippen molar-refractivity contribution < 1.29 is 31.9 Å².